The van der Waals surface area contributed by atoms with Gasteiger partial charge in [0.1, 0.15) is 0 Å². The summed E-state index contributed by atoms with van der Waals surface area (Å²) in [5, 5.41) is 5.74. The van der Waals surface area contributed by atoms with E-state index >= 15 is 0 Å². The first-order valence-corrected chi connectivity index (χ1v) is 4.13. The number of rotatable bonds is 4. The Labute approximate surface area is 78.9 Å². The Morgan fingerprint density at radius 1 is 1.46 bits per heavy atom. The number of esters is 1. The second kappa shape index (κ2) is 6.22. The molecular formula is C9H16N2O2. The molecule has 0 saturated carbocycles. The van der Waals surface area contributed by atoms with E-state index in [1.165, 1.54) is 6.08 Å². The van der Waals surface area contributed by atoms with Crippen LogP contribution in [0.25, 0.3) is 0 Å². The number of hydrogen-bond acceptors (Lipinski definition) is 4. The molecule has 13 heavy (non-hydrogen) atoms. The summed E-state index contributed by atoms with van der Waals surface area (Å²) in [7, 11) is 3.64. The van der Waals surface area contributed by atoms with Crippen LogP contribution >= 0.6 is 0 Å². The van der Waals surface area contributed by atoms with E-state index in [-0.39, 0.29) is 5.97 Å². The number of ether oxygens (including phenoxy) is 1. The minimum Gasteiger partial charge on any atom is -0.463 e. The Bertz CT molecular complexity index is 220. The van der Waals surface area contributed by atoms with E-state index in [4.69, 9.17) is 4.74 Å². The Hall–Kier alpha value is -1.32. The van der Waals surface area contributed by atoms with Crippen molar-refractivity contribution in [2.75, 3.05) is 20.7 Å². The third-order valence-corrected chi connectivity index (χ3v) is 1.10. The molecule has 0 saturated heterocycles. The van der Waals surface area contributed by atoms with Gasteiger partial charge >= 0.3 is 5.97 Å². The van der Waals surface area contributed by atoms with Crippen molar-refractivity contribution in [2.24, 2.45) is 5.10 Å². The number of carbonyl (C=O) groups excluding carboxylic acids is 1. The lowest BCUT2D eigenvalue weighted by atomic mass is 10.4. The molecule has 4 heteroatoms. The van der Waals surface area contributed by atoms with Crippen LogP contribution < -0.4 is 0 Å². The SMILES string of the molecule is CCOC(=O)/C=C/C(C)=N/N(C)C. The molecule has 0 bridgehead atoms. The zero-order valence-electron chi connectivity index (χ0n) is 8.57. The lowest BCUT2D eigenvalue weighted by molar-refractivity contribution is -0.137. The first kappa shape index (κ1) is 11.7. The zero-order chi connectivity index (χ0) is 10.3. The molecular weight excluding hydrogens is 168 g/mol. The summed E-state index contributed by atoms with van der Waals surface area (Å²) in [6.07, 6.45) is 2.99. The Morgan fingerprint density at radius 2 is 2.08 bits per heavy atom. The largest absolute Gasteiger partial charge is 0.463 e. The topological polar surface area (TPSA) is 41.9 Å². The smallest absolute Gasteiger partial charge is 0.330 e. The first-order valence-electron chi connectivity index (χ1n) is 4.13. The summed E-state index contributed by atoms with van der Waals surface area (Å²) < 4.78 is 4.70. The van der Waals surface area contributed by atoms with Gasteiger partial charge in [-0.05, 0) is 19.9 Å². The van der Waals surface area contributed by atoms with Gasteiger partial charge in [0.05, 0.1) is 12.3 Å². The third kappa shape index (κ3) is 7.05. The highest BCUT2D eigenvalue weighted by molar-refractivity contribution is 5.97. The fraction of sp³-hybridized carbons (Fsp3) is 0.556. The van der Waals surface area contributed by atoms with Crippen LogP contribution in [-0.2, 0) is 9.53 Å². The van der Waals surface area contributed by atoms with Crippen LogP contribution in [-0.4, -0.2) is 37.4 Å². The predicted octanol–water partition coefficient (Wildman–Crippen LogP) is 1.04. The van der Waals surface area contributed by atoms with E-state index in [1.54, 1.807) is 18.0 Å². The summed E-state index contributed by atoms with van der Waals surface area (Å²) in [4.78, 5) is 10.9. The van der Waals surface area contributed by atoms with Crippen molar-refractivity contribution in [1.29, 1.82) is 0 Å². The van der Waals surface area contributed by atoms with E-state index < -0.39 is 0 Å². The maximum absolute atomic E-state index is 10.9. The lowest BCUT2D eigenvalue weighted by Gasteiger charge is -2.03. The Balaban J connectivity index is 4.04. The highest BCUT2D eigenvalue weighted by Crippen LogP contribution is 1.86. The van der Waals surface area contributed by atoms with Gasteiger partial charge in [0.25, 0.3) is 0 Å². The molecule has 0 spiro atoms. The Morgan fingerprint density at radius 3 is 2.54 bits per heavy atom. The molecule has 0 atom stereocenters. The van der Waals surface area contributed by atoms with Crippen LogP contribution in [0.4, 0.5) is 0 Å². The van der Waals surface area contributed by atoms with Gasteiger partial charge < -0.3 is 9.75 Å². The monoisotopic (exact) mass is 184 g/mol. The number of carbonyl (C=O) groups is 1. The van der Waals surface area contributed by atoms with E-state index in [2.05, 4.69) is 5.10 Å². The predicted molar refractivity (Wildman–Crippen MR) is 52.6 cm³/mol. The first-order chi connectivity index (χ1) is 6.06. The van der Waals surface area contributed by atoms with Crippen molar-refractivity contribution in [3.63, 3.8) is 0 Å². The molecule has 0 fully saturated rings. The molecule has 0 unspecified atom stereocenters. The van der Waals surface area contributed by atoms with Crippen molar-refractivity contribution in [2.45, 2.75) is 13.8 Å². The van der Waals surface area contributed by atoms with Crippen molar-refractivity contribution >= 4 is 11.7 Å². The highest BCUT2D eigenvalue weighted by atomic mass is 16.5. The van der Waals surface area contributed by atoms with E-state index in [0.29, 0.717) is 6.61 Å². The maximum atomic E-state index is 10.9. The van der Waals surface area contributed by atoms with Gasteiger partial charge in [-0.15, -0.1) is 0 Å². The van der Waals surface area contributed by atoms with E-state index in [0.717, 1.165) is 5.71 Å². The van der Waals surface area contributed by atoms with Crippen LogP contribution in [0.3, 0.4) is 0 Å². The van der Waals surface area contributed by atoms with E-state index in [9.17, 15) is 4.79 Å². The maximum Gasteiger partial charge on any atom is 0.330 e. The Kier molecular flexibility index (Phi) is 5.59. The van der Waals surface area contributed by atoms with Crippen molar-refractivity contribution in [3.05, 3.63) is 12.2 Å². The van der Waals surface area contributed by atoms with Crippen molar-refractivity contribution in [3.8, 4) is 0 Å². The number of allylic oxidation sites excluding steroid dienone is 1. The summed E-state index contributed by atoms with van der Waals surface area (Å²) in [6, 6.07) is 0. The molecule has 0 heterocycles. The molecule has 0 aliphatic heterocycles. The fourth-order valence-electron chi connectivity index (χ4n) is 0.728. The molecule has 0 aromatic heterocycles. The lowest BCUT2D eigenvalue weighted by Crippen LogP contribution is -2.05. The van der Waals surface area contributed by atoms with Crippen molar-refractivity contribution < 1.29 is 9.53 Å². The summed E-state index contributed by atoms with van der Waals surface area (Å²) in [5.74, 6) is -0.337. The summed E-state index contributed by atoms with van der Waals surface area (Å²) in [5.41, 5.74) is 0.762. The molecule has 4 nitrogen and oxygen atoms in total. The van der Waals surface area contributed by atoms with Crippen LogP contribution in [0, 0.1) is 0 Å². The second-order valence-corrected chi connectivity index (χ2v) is 2.67. The van der Waals surface area contributed by atoms with Gasteiger partial charge in [0.15, 0.2) is 0 Å². The molecule has 0 amide bonds. The fourth-order valence-corrected chi connectivity index (χ4v) is 0.728. The molecule has 0 aromatic rings. The van der Waals surface area contributed by atoms with Crippen molar-refractivity contribution in [1.82, 2.24) is 5.01 Å². The second-order valence-electron chi connectivity index (χ2n) is 2.67. The number of hydrogen-bond donors (Lipinski definition) is 0. The van der Waals surface area contributed by atoms with Crippen LogP contribution in [0.15, 0.2) is 17.3 Å². The minimum absolute atomic E-state index is 0.337. The minimum atomic E-state index is -0.337. The molecule has 0 aliphatic carbocycles. The molecule has 0 aliphatic rings. The van der Waals surface area contributed by atoms with Crippen LogP contribution in [0.1, 0.15) is 13.8 Å². The third-order valence-electron chi connectivity index (χ3n) is 1.10. The zero-order valence-corrected chi connectivity index (χ0v) is 8.57. The quantitative estimate of drug-likeness (QED) is 0.284. The number of nitrogens with zero attached hydrogens (tertiary/aromatic N) is 2. The van der Waals surface area contributed by atoms with Crippen LogP contribution in [0.5, 0.6) is 0 Å². The molecule has 0 radical (unpaired) electrons. The number of hydrazone groups is 1. The van der Waals surface area contributed by atoms with Gasteiger partial charge in [0, 0.05) is 20.2 Å². The molecule has 74 valence electrons. The normalized spacial score (nSPS) is 11.8. The van der Waals surface area contributed by atoms with E-state index in [1.807, 2.05) is 21.0 Å². The summed E-state index contributed by atoms with van der Waals surface area (Å²) >= 11 is 0. The van der Waals surface area contributed by atoms with Gasteiger partial charge in [-0.3, -0.25) is 0 Å². The molecule has 0 N–H and O–H groups in total. The average Bonchev–Trinajstić information content (AvgIpc) is 2.00. The summed E-state index contributed by atoms with van der Waals surface area (Å²) in [6.45, 7) is 3.98. The van der Waals surface area contributed by atoms with Gasteiger partial charge in [-0.1, -0.05) is 0 Å². The van der Waals surface area contributed by atoms with Crippen LogP contribution in [0.2, 0.25) is 0 Å². The highest BCUT2D eigenvalue weighted by Gasteiger charge is 1.93. The van der Waals surface area contributed by atoms with Gasteiger partial charge in [-0.25, -0.2) is 4.79 Å². The van der Waals surface area contributed by atoms with Gasteiger partial charge in [-0.2, -0.15) is 5.10 Å². The van der Waals surface area contributed by atoms with Gasteiger partial charge in [0.2, 0.25) is 0 Å². The average molecular weight is 184 g/mol. The molecule has 0 aromatic carbocycles. The standard InChI is InChI=1S/C9H16N2O2/c1-5-13-9(12)7-6-8(2)10-11(3)4/h6-7H,5H2,1-4H3/b7-6+,10-8+. The molecule has 0 rings (SSSR count).